The van der Waals surface area contributed by atoms with Crippen molar-refractivity contribution in [3.63, 3.8) is 0 Å². The largest absolute Gasteiger partial charge is 0.377 e. The molecule has 1 heterocycles. The number of hydrogen-bond acceptors (Lipinski definition) is 4. The molecule has 1 aromatic carbocycles. The van der Waals surface area contributed by atoms with Crippen LogP contribution in [0.15, 0.2) is 30.3 Å². The molecular formula is C17H25N3O. The summed E-state index contributed by atoms with van der Waals surface area (Å²) in [5.74, 6) is 0. The van der Waals surface area contributed by atoms with E-state index in [1.54, 1.807) is 0 Å². The Bertz CT molecular complexity index is 465. The van der Waals surface area contributed by atoms with E-state index in [4.69, 9.17) is 4.74 Å². The molecule has 0 amide bonds. The maximum absolute atomic E-state index is 9.76. The fourth-order valence-corrected chi connectivity index (χ4v) is 2.91. The van der Waals surface area contributed by atoms with Gasteiger partial charge in [0.15, 0.2) is 0 Å². The van der Waals surface area contributed by atoms with E-state index in [1.165, 1.54) is 0 Å². The van der Waals surface area contributed by atoms with E-state index in [0.717, 1.165) is 38.1 Å². The Kier molecular flexibility index (Phi) is 5.75. The van der Waals surface area contributed by atoms with Gasteiger partial charge in [-0.15, -0.1) is 0 Å². The molecule has 1 aliphatic heterocycles. The molecular weight excluding hydrogens is 262 g/mol. The highest BCUT2D eigenvalue weighted by Crippen LogP contribution is 2.22. The second kappa shape index (κ2) is 7.56. The first kappa shape index (κ1) is 16.0. The van der Waals surface area contributed by atoms with Crippen LogP contribution < -0.4 is 5.32 Å². The van der Waals surface area contributed by atoms with Crippen LogP contribution in [0.4, 0.5) is 0 Å². The summed E-state index contributed by atoms with van der Waals surface area (Å²) in [6.07, 6.45) is 2.59. The lowest BCUT2D eigenvalue weighted by molar-refractivity contribution is 0.0679. The molecule has 1 aromatic rings. The van der Waals surface area contributed by atoms with E-state index < -0.39 is 5.54 Å². The summed E-state index contributed by atoms with van der Waals surface area (Å²) in [5, 5.41) is 13.0. The summed E-state index contributed by atoms with van der Waals surface area (Å²) in [7, 11) is 1.86. The molecule has 0 bridgehead atoms. The van der Waals surface area contributed by atoms with E-state index in [0.29, 0.717) is 12.6 Å². The number of likely N-dealkylation sites (N-methyl/N-ethyl adjacent to an activating group) is 2. The first-order chi connectivity index (χ1) is 10.2. The minimum absolute atomic E-state index is 0.314. The standard InChI is InChI=1S/C17H25N3O/c1-3-20(12-16-10-7-11-21-16)14-17(13-18,19-2)15-8-5-4-6-9-15/h4-6,8-9,16,19H,3,7,10-12,14H2,1-2H3. The number of nitrogens with zero attached hydrogens (tertiary/aromatic N) is 2. The van der Waals surface area contributed by atoms with Crippen molar-refractivity contribution in [2.24, 2.45) is 0 Å². The lowest BCUT2D eigenvalue weighted by atomic mass is 9.90. The van der Waals surface area contributed by atoms with Crippen LogP contribution >= 0.6 is 0 Å². The van der Waals surface area contributed by atoms with Crippen molar-refractivity contribution in [1.29, 1.82) is 5.26 Å². The van der Waals surface area contributed by atoms with Gasteiger partial charge in [-0.05, 0) is 32.0 Å². The maximum Gasteiger partial charge on any atom is 0.144 e. The van der Waals surface area contributed by atoms with Crippen molar-refractivity contribution in [1.82, 2.24) is 10.2 Å². The number of benzene rings is 1. The molecule has 2 rings (SSSR count). The lowest BCUT2D eigenvalue weighted by Crippen LogP contribution is -2.50. The van der Waals surface area contributed by atoms with Gasteiger partial charge < -0.3 is 4.74 Å². The van der Waals surface area contributed by atoms with Gasteiger partial charge >= 0.3 is 0 Å². The van der Waals surface area contributed by atoms with E-state index in [2.05, 4.69) is 23.2 Å². The van der Waals surface area contributed by atoms with Crippen molar-refractivity contribution in [2.75, 3.05) is 33.3 Å². The van der Waals surface area contributed by atoms with Gasteiger partial charge in [-0.2, -0.15) is 5.26 Å². The van der Waals surface area contributed by atoms with Crippen LogP contribution in [0.3, 0.4) is 0 Å². The molecule has 0 aromatic heterocycles. The van der Waals surface area contributed by atoms with Crippen LogP contribution in [0.5, 0.6) is 0 Å². The molecule has 114 valence electrons. The second-order valence-electron chi connectivity index (χ2n) is 5.60. The molecule has 0 saturated carbocycles. The summed E-state index contributed by atoms with van der Waals surface area (Å²) >= 11 is 0. The van der Waals surface area contributed by atoms with Crippen LogP contribution in [0, 0.1) is 11.3 Å². The van der Waals surface area contributed by atoms with E-state index in [1.807, 2.05) is 37.4 Å². The molecule has 21 heavy (non-hydrogen) atoms. The molecule has 0 radical (unpaired) electrons. The van der Waals surface area contributed by atoms with Gasteiger partial charge in [0.25, 0.3) is 0 Å². The van der Waals surface area contributed by atoms with E-state index in [-0.39, 0.29) is 0 Å². The maximum atomic E-state index is 9.76. The normalized spacial score (nSPS) is 21.1. The van der Waals surface area contributed by atoms with Crippen molar-refractivity contribution in [3.8, 4) is 6.07 Å². The Hall–Kier alpha value is -1.41. The lowest BCUT2D eigenvalue weighted by Gasteiger charge is -2.34. The Morgan fingerprint density at radius 1 is 1.43 bits per heavy atom. The Morgan fingerprint density at radius 3 is 2.71 bits per heavy atom. The molecule has 1 saturated heterocycles. The quantitative estimate of drug-likeness (QED) is 0.834. The first-order valence-electron chi connectivity index (χ1n) is 7.73. The number of ether oxygens (including phenoxy) is 1. The summed E-state index contributed by atoms with van der Waals surface area (Å²) < 4.78 is 5.73. The predicted molar refractivity (Wildman–Crippen MR) is 83.9 cm³/mol. The molecule has 1 fully saturated rings. The van der Waals surface area contributed by atoms with Crippen molar-refractivity contribution >= 4 is 0 Å². The summed E-state index contributed by atoms with van der Waals surface area (Å²) in [4.78, 5) is 2.31. The third-order valence-corrected chi connectivity index (χ3v) is 4.28. The van der Waals surface area contributed by atoms with Crippen molar-refractivity contribution < 1.29 is 4.74 Å². The van der Waals surface area contributed by atoms with Gasteiger partial charge in [0, 0.05) is 19.7 Å². The molecule has 0 spiro atoms. The zero-order valence-corrected chi connectivity index (χ0v) is 13.0. The van der Waals surface area contributed by atoms with Gasteiger partial charge in [0.2, 0.25) is 0 Å². The van der Waals surface area contributed by atoms with Crippen LogP contribution in [-0.2, 0) is 10.3 Å². The fraction of sp³-hybridized carbons (Fsp3) is 0.588. The molecule has 1 N–H and O–H groups in total. The monoisotopic (exact) mass is 287 g/mol. The highest BCUT2D eigenvalue weighted by Gasteiger charge is 2.33. The highest BCUT2D eigenvalue weighted by atomic mass is 16.5. The molecule has 0 aliphatic carbocycles. The molecule has 4 heteroatoms. The van der Waals surface area contributed by atoms with Gasteiger partial charge in [0.05, 0.1) is 12.2 Å². The van der Waals surface area contributed by atoms with Gasteiger partial charge in [-0.1, -0.05) is 37.3 Å². The van der Waals surface area contributed by atoms with E-state index >= 15 is 0 Å². The first-order valence-corrected chi connectivity index (χ1v) is 7.73. The molecule has 4 nitrogen and oxygen atoms in total. The van der Waals surface area contributed by atoms with Gasteiger partial charge in [-0.25, -0.2) is 0 Å². The summed E-state index contributed by atoms with van der Waals surface area (Å²) in [5.41, 5.74) is 0.344. The van der Waals surface area contributed by atoms with Gasteiger partial charge in [-0.3, -0.25) is 10.2 Å². The summed E-state index contributed by atoms with van der Waals surface area (Å²) in [6.45, 7) is 5.49. The van der Waals surface area contributed by atoms with Crippen LogP contribution in [0.2, 0.25) is 0 Å². The minimum Gasteiger partial charge on any atom is -0.377 e. The number of hydrogen-bond donors (Lipinski definition) is 1. The highest BCUT2D eigenvalue weighted by molar-refractivity contribution is 5.31. The third-order valence-electron chi connectivity index (χ3n) is 4.28. The number of nitrogens with one attached hydrogen (secondary N) is 1. The summed E-state index contributed by atoms with van der Waals surface area (Å²) in [6, 6.07) is 12.4. The van der Waals surface area contributed by atoms with Crippen molar-refractivity contribution in [2.45, 2.75) is 31.4 Å². The predicted octanol–water partition coefficient (Wildman–Crippen LogP) is 2.13. The Balaban J connectivity index is 2.12. The number of rotatable bonds is 7. The SMILES string of the molecule is CCN(CC1CCCO1)CC(C#N)(NC)c1ccccc1. The average molecular weight is 287 g/mol. The van der Waals surface area contributed by atoms with Crippen LogP contribution in [-0.4, -0.2) is 44.3 Å². The smallest absolute Gasteiger partial charge is 0.144 e. The topological polar surface area (TPSA) is 48.3 Å². The zero-order valence-electron chi connectivity index (χ0n) is 13.0. The van der Waals surface area contributed by atoms with E-state index in [9.17, 15) is 5.26 Å². The fourth-order valence-electron chi connectivity index (χ4n) is 2.91. The zero-order chi connectivity index (χ0) is 15.1. The van der Waals surface area contributed by atoms with Gasteiger partial charge in [0.1, 0.15) is 5.54 Å². The third kappa shape index (κ3) is 3.82. The van der Waals surface area contributed by atoms with Crippen LogP contribution in [0.1, 0.15) is 25.3 Å². The Morgan fingerprint density at radius 2 is 2.19 bits per heavy atom. The van der Waals surface area contributed by atoms with Crippen LogP contribution in [0.25, 0.3) is 0 Å². The average Bonchev–Trinajstić information content (AvgIpc) is 3.05. The van der Waals surface area contributed by atoms with Crippen molar-refractivity contribution in [3.05, 3.63) is 35.9 Å². The molecule has 2 atom stereocenters. The second-order valence-corrected chi connectivity index (χ2v) is 5.60. The molecule has 2 unspecified atom stereocenters. The Labute approximate surface area is 127 Å². The number of nitriles is 1. The minimum atomic E-state index is -0.671. The molecule has 1 aliphatic rings.